The second-order valence-electron chi connectivity index (χ2n) is 3.18. The van der Waals surface area contributed by atoms with E-state index in [9.17, 15) is 13.6 Å². The second kappa shape index (κ2) is 4.67. The zero-order valence-electron chi connectivity index (χ0n) is 8.32. The smallest absolute Gasteiger partial charge is 0.230 e. The van der Waals surface area contributed by atoms with Crippen LogP contribution < -0.4 is 0 Å². The van der Waals surface area contributed by atoms with Crippen LogP contribution in [0.15, 0.2) is 35.1 Å². The molecule has 3 nitrogen and oxygen atoms in total. The summed E-state index contributed by atoms with van der Waals surface area (Å²) in [7, 11) is 0. The van der Waals surface area contributed by atoms with Crippen LogP contribution in [0, 0.1) is 11.6 Å². The zero-order valence-corrected chi connectivity index (χ0v) is 9.91. The Kier molecular flexibility index (Phi) is 3.23. The summed E-state index contributed by atoms with van der Waals surface area (Å²) in [6.07, 6.45) is 2.81. The zero-order chi connectivity index (χ0) is 12.4. The number of rotatable bonds is 2. The topological polar surface area (TPSA) is 42.9 Å². The molecule has 1 aromatic heterocycles. The van der Waals surface area contributed by atoms with Crippen LogP contribution in [0.3, 0.4) is 0 Å². The van der Waals surface area contributed by atoms with Gasteiger partial charge in [-0.15, -0.1) is 0 Å². The monoisotopic (exact) mass is 298 g/mol. The van der Waals surface area contributed by atoms with Crippen molar-refractivity contribution in [3.05, 3.63) is 58.1 Å². The number of hydrogen-bond acceptors (Lipinski definition) is 3. The minimum Gasteiger partial charge on any atom is -0.285 e. The lowest BCUT2D eigenvalue weighted by Crippen LogP contribution is -2.07. The molecule has 0 saturated carbocycles. The molecular weight excluding hydrogens is 294 g/mol. The van der Waals surface area contributed by atoms with Crippen molar-refractivity contribution in [3.8, 4) is 0 Å². The Balaban J connectivity index is 2.37. The van der Waals surface area contributed by atoms with Crippen LogP contribution in [0.5, 0.6) is 0 Å². The van der Waals surface area contributed by atoms with Gasteiger partial charge in [0.15, 0.2) is 11.6 Å². The van der Waals surface area contributed by atoms with Gasteiger partial charge in [-0.05, 0) is 34.1 Å². The standard InChI is InChI=1S/C11H5BrF2N2O/c12-7-4-15-11(16-5-7)10(17)6-1-2-8(13)9(14)3-6/h1-5H. The third-order valence-corrected chi connectivity index (χ3v) is 2.41. The Labute approximate surface area is 104 Å². The average molecular weight is 299 g/mol. The van der Waals surface area contributed by atoms with Crippen LogP contribution in [0.25, 0.3) is 0 Å². The van der Waals surface area contributed by atoms with E-state index in [1.54, 1.807) is 0 Å². The molecule has 0 aliphatic carbocycles. The van der Waals surface area contributed by atoms with Crippen molar-refractivity contribution < 1.29 is 13.6 Å². The first-order valence-corrected chi connectivity index (χ1v) is 5.34. The van der Waals surface area contributed by atoms with E-state index in [2.05, 4.69) is 25.9 Å². The fourth-order valence-corrected chi connectivity index (χ4v) is 1.40. The van der Waals surface area contributed by atoms with Crippen LogP contribution in [0.4, 0.5) is 8.78 Å². The molecule has 0 fully saturated rings. The Morgan fingerprint density at radius 1 is 1.12 bits per heavy atom. The fourth-order valence-electron chi connectivity index (χ4n) is 1.20. The molecule has 0 amide bonds. The van der Waals surface area contributed by atoms with Gasteiger partial charge in [0.25, 0.3) is 0 Å². The van der Waals surface area contributed by atoms with E-state index >= 15 is 0 Å². The normalized spacial score (nSPS) is 10.3. The minimum atomic E-state index is -1.08. The summed E-state index contributed by atoms with van der Waals surface area (Å²) < 4.78 is 26.3. The first-order chi connectivity index (χ1) is 8.08. The molecule has 0 atom stereocenters. The molecule has 0 aliphatic rings. The van der Waals surface area contributed by atoms with E-state index < -0.39 is 17.4 Å². The average Bonchev–Trinajstić information content (AvgIpc) is 2.33. The van der Waals surface area contributed by atoms with Crippen molar-refractivity contribution in [1.82, 2.24) is 9.97 Å². The summed E-state index contributed by atoms with van der Waals surface area (Å²) in [6.45, 7) is 0. The maximum atomic E-state index is 12.9. The Morgan fingerprint density at radius 3 is 2.35 bits per heavy atom. The van der Waals surface area contributed by atoms with Gasteiger partial charge in [0, 0.05) is 18.0 Å². The van der Waals surface area contributed by atoms with Gasteiger partial charge in [0.2, 0.25) is 11.6 Å². The molecule has 0 saturated heterocycles. The number of hydrogen-bond donors (Lipinski definition) is 0. The van der Waals surface area contributed by atoms with Crippen LogP contribution >= 0.6 is 15.9 Å². The first-order valence-electron chi connectivity index (χ1n) is 4.55. The number of benzene rings is 1. The van der Waals surface area contributed by atoms with Crippen molar-refractivity contribution >= 4 is 21.7 Å². The number of aromatic nitrogens is 2. The molecule has 6 heteroatoms. The highest BCUT2D eigenvalue weighted by molar-refractivity contribution is 9.10. The van der Waals surface area contributed by atoms with E-state index in [0.29, 0.717) is 4.47 Å². The number of nitrogens with zero attached hydrogens (tertiary/aromatic N) is 2. The molecule has 86 valence electrons. The number of carbonyl (C=O) groups is 1. The number of carbonyl (C=O) groups excluding carboxylic acids is 1. The Hall–Kier alpha value is -1.69. The van der Waals surface area contributed by atoms with Gasteiger partial charge in [-0.1, -0.05) is 0 Å². The van der Waals surface area contributed by atoms with Crippen LogP contribution in [0.2, 0.25) is 0 Å². The molecule has 0 radical (unpaired) electrons. The molecule has 0 unspecified atom stereocenters. The predicted octanol–water partition coefficient (Wildman–Crippen LogP) is 2.75. The third-order valence-electron chi connectivity index (χ3n) is 2.01. The third kappa shape index (κ3) is 2.52. The molecule has 17 heavy (non-hydrogen) atoms. The summed E-state index contributed by atoms with van der Waals surface area (Å²) in [6, 6.07) is 2.90. The van der Waals surface area contributed by atoms with Gasteiger partial charge in [-0.2, -0.15) is 0 Å². The van der Waals surface area contributed by atoms with Gasteiger partial charge in [-0.3, -0.25) is 4.79 Å². The summed E-state index contributed by atoms with van der Waals surface area (Å²) in [4.78, 5) is 19.4. The molecular formula is C11H5BrF2N2O. The highest BCUT2D eigenvalue weighted by atomic mass is 79.9. The Morgan fingerprint density at radius 2 is 1.76 bits per heavy atom. The first kappa shape index (κ1) is 11.8. The summed E-state index contributed by atoms with van der Waals surface area (Å²) >= 11 is 3.13. The van der Waals surface area contributed by atoms with E-state index in [0.717, 1.165) is 12.1 Å². The molecule has 1 aromatic carbocycles. The highest BCUT2D eigenvalue weighted by Gasteiger charge is 2.14. The van der Waals surface area contributed by atoms with Crippen molar-refractivity contribution in [2.24, 2.45) is 0 Å². The van der Waals surface area contributed by atoms with Gasteiger partial charge < -0.3 is 0 Å². The number of ketones is 1. The van der Waals surface area contributed by atoms with Crippen molar-refractivity contribution in [2.75, 3.05) is 0 Å². The fraction of sp³-hybridized carbons (Fsp3) is 0. The summed E-state index contributed by atoms with van der Waals surface area (Å²) in [5, 5.41) is 0. The van der Waals surface area contributed by atoms with Crippen molar-refractivity contribution in [3.63, 3.8) is 0 Å². The van der Waals surface area contributed by atoms with Crippen LogP contribution in [-0.4, -0.2) is 15.8 Å². The molecule has 0 N–H and O–H groups in total. The maximum Gasteiger partial charge on any atom is 0.230 e. The van der Waals surface area contributed by atoms with Gasteiger partial charge >= 0.3 is 0 Å². The van der Waals surface area contributed by atoms with Gasteiger partial charge in [0.05, 0.1) is 4.47 Å². The Bertz CT molecular complexity index is 572. The molecule has 0 spiro atoms. The number of halogens is 3. The lowest BCUT2D eigenvalue weighted by molar-refractivity contribution is 0.102. The van der Waals surface area contributed by atoms with Crippen LogP contribution in [0.1, 0.15) is 16.2 Å². The van der Waals surface area contributed by atoms with Gasteiger partial charge in [0.1, 0.15) is 0 Å². The van der Waals surface area contributed by atoms with E-state index in [-0.39, 0.29) is 11.4 Å². The van der Waals surface area contributed by atoms with E-state index in [4.69, 9.17) is 0 Å². The second-order valence-corrected chi connectivity index (χ2v) is 4.10. The predicted molar refractivity (Wildman–Crippen MR) is 59.5 cm³/mol. The largest absolute Gasteiger partial charge is 0.285 e. The minimum absolute atomic E-state index is 0.00576. The highest BCUT2D eigenvalue weighted by Crippen LogP contribution is 2.12. The lowest BCUT2D eigenvalue weighted by Gasteiger charge is -2.00. The lowest BCUT2D eigenvalue weighted by atomic mass is 10.1. The molecule has 1 heterocycles. The van der Waals surface area contributed by atoms with Crippen molar-refractivity contribution in [1.29, 1.82) is 0 Å². The van der Waals surface area contributed by atoms with Gasteiger partial charge in [-0.25, -0.2) is 18.7 Å². The van der Waals surface area contributed by atoms with E-state index in [1.807, 2.05) is 0 Å². The molecule has 0 aliphatic heterocycles. The molecule has 0 bridgehead atoms. The van der Waals surface area contributed by atoms with E-state index in [1.165, 1.54) is 18.5 Å². The molecule has 2 aromatic rings. The van der Waals surface area contributed by atoms with Crippen molar-refractivity contribution in [2.45, 2.75) is 0 Å². The summed E-state index contributed by atoms with van der Waals surface area (Å²) in [5.41, 5.74) is 0.00576. The maximum absolute atomic E-state index is 12.9. The molecule has 2 rings (SSSR count). The SMILES string of the molecule is O=C(c1ccc(F)c(F)c1)c1ncc(Br)cn1. The van der Waals surface area contributed by atoms with Crippen LogP contribution in [-0.2, 0) is 0 Å². The summed E-state index contributed by atoms with van der Waals surface area (Å²) in [5.74, 6) is -2.71. The quantitative estimate of drug-likeness (QED) is 0.801.